The van der Waals surface area contributed by atoms with Crippen LogP contribution < -0.4 is 5.32 Å². The highest BCUT2D eigenvalue weighted by Gasteiger charge is 2.42. The number of terminal acetylenes is 1. The molecule has 1 unspecified atom stereocenters. The molecule has 1 fully saturated rings. The number of nitrogens with one attached hydrogen (secondary N) is 1. The SMILES string of the molecule is C#CCCC(NCC)C1(N(C)C)CCC(C)CC1. The Bertz CT molecular complexity index is 269. The summed E-state index contributed by atoms with van der Waals surface area (Å²) in [5.74, 6) is 3.68. The lowest BCUT2D eigenvalue weighted by molar-refractivity contribution is 0.0414. The molecule has 0 aromatic rings. The number of nitrogens with zero attached hydrogens (tertiary/aromatic N) is 1. The first-order valence-electron chi connectivity index (χ1n) is 7.41. The molecule has 1 aliphatic rings. The van der Waals surface area contributed by atoms with Crippen LogP contribution >= 0.6 is 0 Å². The molecule has 0 radical (unpaired) electrons. The Labute approximate surface area is 114 Å². The van der Waals surface area contributed by atoms with Gasteiger partial charge in [-0.15, -0.1) is 12.3 Å². The van der Waals surface area contributed by atoms with E-state index in [9.17, 15) is 0 Å². The van der Waals surface area contributed by atoms with Gasteiger partial charge in [0.15, 0.2) is 0 Å². The molecule has 2 nitrogen and oxygen atoms in total. The molecule has 0 bridgehead atoms. The second-order valence-electron chi connectivity index (χ2n) is 6.03. The molecule has 0 saturated heterocycles. The number of likely N-dealkylation sites (N-methyl/N-ethyl adjacent to an activating group) is 2. The molecule has 0 spiro atoms. The number of rotatable bonds is 6. The summed E-state index contributed by atoms with van der Waals surface area (Å²) in [5, 5.41) is 3.69. The summed E-state index contributed by atoms with van der Waals surface area (Å²) >= 11 is 0. The van der Waals surface area contributed by atoms with Gasteiger partial charge in [-0.2, -0.15) is 0 Å². The zero-order valence-corrected chi connectivity index (χ0v) is 12.6. The predicted octanol–water partition coefficient (Wildman–Crippen LogP) is 2.89. The molecule has 2 heteroatoms. The molecule has 0 heterocycles. The van der Waals surface area contributed by atoms with Gasteiger partial charge in [-0.25, -0.2) is 0 Å². The summed E-state index contributed by atoms with van der Waals surface area (Å²) < 4.78 is 0. The third kappa shape index (κ3) is 3.49. The van der Waals surface area contributed by atoms with Crippen molar-refractivity contribution in [3.05, 3.63) is 0 Å². The van der Waals surface area contributed by atoms with Gasteiger partial charge >= 0.3 is 0 Å². The van der Waals surface area contributed by atoms with Gasteiger partial charge in [-0.3, -0.25) is 0 Å². The van der Waals surface area contributed by atoms with Gasteiger partial charge < -0.3 is 10.2 Å². The average molecular weight is 250 g/mol. The predicted molar refractivity (Wildman–Crippen MR) is 79.6 cm³/mol. The van der Waals surface area contributed by atoms with Crippen LogP contribution in [-0.2, 0) is 0 Å². The van der Waals surface area contributed by atoms with Crippen LogP contribution in [0.2, 0.25) is 0 Å². The molecule has 0 aromatic heterocycles. The second-order valence-corrected chi connectivity index (χ2v) is 6.03. The minimum Gasteiger partial charge on any atom is -0.312 e. The van der Waals surface area contributed by atoms with Crippen LogP contribution in [0, 0.1) is 18.3 Å². The Hall–Kier alpha value is -0.520. The molecule has 104 valence electrons. The first-order valence-corrected chi connectivity index (χ1v) is 7.41. The first kappa shape index (κ1) is 15.5. The molecular weight excluding hydrogens is 220 g/mol. The fourth-order valence-electron chi connectivity index (χ4n) is 3.40. The normalized spacial score (nSPS) is 30.1. The van der Waals surface area contributed by atoms with E-state index in [0.717, 1.165) is 25.3 Å². The van der Waals surface area contributed by atoms with Crippen LogP contribution in [0.15, 0.2) is 0 Å². The van der Waals surface area contributed by atoms with Crippen LogP contribution in [0.3, 0.4) is 0 Å². The molecule has 0 amide bonds. The van der Waals surface area contributed by atoms with E-state index in [2.05, 4.69) is 44.1 Å². The molecule has 1 N–H and O–H groups in total. The summed E-state index contributed by atoms with van der Waals surface area (Å²) in [6.45, 7) is 5.60. The Morgan fingerprint density at radius 3 is 2.44 bits per heavy atom. The van der Waals surface area contributed by atoms with Gasteiger partial charge in [0, 0.05) is 18.0 Å². The van der Waals surface area contributed by atoms with Gasteiger partial charge in [0.25, 0.3) is 0 Å². The van der Waals surface area contributed by atoms with Crippen molar-refractivity contribution in [3.8, 4) is 12.3 Å². The minimum absolute atomic E-state index is 0.305. The minimum atomic E-state index is 0.305. The Morgan fingerprint density at radius 1 is 1.39 bits per heavy atom. The lowest BCUT2D eigenvalue weighted by atomic mass is 9.71. The highest BCUT2D eigenvalue weighted by atomic mass is 15.2. The maximum Gasteiger partial charge on any atom is 0.0356 e. The van der Waals surface area contributed by atoms with Crippen molar-refractivity contribution in [1.82, 2.24) is 10.2 Å². The van der Waals surface area contributed by atoms with Gasteiger partial charge in [0.1, 0.15) is 0 Å². The molecule has 1 atom stereocenters. The largest absolute Gasteiger partial charge is 0.312 e. The lowest BCUT2D eigenvalue weighted by Gasteiger charge is -2.50. The standard InChI is InChI=1S/C16H30N2/c1-6-8-9-15(17-7-2)16(18(4)5)12-10-14(3)11-13-16/h1,14-15,17H,7-13H2,2-5H3. The third-order valence-corrected chi connectivity index (χ3v) is 4.71. The van der Waals surface area contributed by atoms with Crippen LogP contribution in [-0.4, -0.2) is 37.1 Å². The molecule has 1 rings (SSSR count). The highest BCUT2D eigenvalue weighted by molar-refractivity contribution is 5.02. The average Bonchev–Trinajstić information content (AvgIpc) is 2.35. The van der Waals surface area contributed by atoms with Crippen molar-refractivity contribution in [2.75, 3.05) is 20.6 Å². The summed E-state index contributed by atoms with van der Waals surface area (Å²) in [4.78, 5) is 2.45. The van der Waals surface area contributed by atoms with E-state index in [4.69, 9.17) is 6.42 Å². The summed E-state index contributed by atoms with van der Waals surface area (Å²) in [7, 11) is 4.46. The second kappa shape index (κ2) is 7.16. The third-order valence-electron chi connectivity index (χ3n) is 4.71. The van der Waals surface area contributed by atoms with E-state index in [1.54, 1.807) is 0 Å². The molecule has 1 aliphatic carbocycles. The summed E-state index contributed by atoms with van der Waals surface area (Å²) in [6.07, 6.45) is 12.7. The summed E-state index contributed by atoms with van der Waals surface area (Å²) in [6, 6.07) is 0.529. The van der Waals surface area contributed by atoms with Crippen LogP contribution in [0.5, 0.6) is 0 Å². The fourth-order valence-corrected chi connectivity index (χ4v) is 3.40. The van der Waals surface area contributed by atoms with E-state index in [-0.39, 0.29) is 0 Å². The van der Waals surface area contributed by atoms with Crippen molar-refractivity contribution < 1.29 is 0 Å². The number of hydrogen-bond donors (Lipinski definition) is 1. The zero-order chi connectivity index (χ0) is 13.6. The fraction of sp³-hybridized carbons (Fsp3) is 0.875. The maximum atomic E-state index is 5.45. The van der Waals surface area contributed by atoms with Crippen molar-refractivity contribution in [2.24, 2.45) is 5.92 Å². The Balaban J connectivity index is 2.82. The monoisotopic (exact) mass is 250 g/mol. The van der Waals surface area contributed by atoms with Crippen LogP contribution in [0.4, 0.5) is 0 Å². The van der Waals surface area contributed by atoms with Gasteiger partial charge in [0.2, 0.25) is 0 Å². The van der Waals surface area contributed by atoms with Gasteiger partial charge in [0.05, 0.1) is 0 Å². The molecule has 1 saturated carbocycles. The van der Waals surface area contributed by atoms with Gasteiger partial charge in [-0.05, 0) is 58.7 Å². The van der Waals surface area contributed by atoms with Gasteiger partial charge in [-0.1, -0.05) is 13.8 Å². The van der Waals surface area contributed by atoms with Crippen molar-refractivity contribution in [1.29, 1.82) is 0 Å². The zero-order valence-electron chi connectivity index (χ0n) is 12.6. The first-order chi connectivity index (χ1) is 8.56. The molecular formula is C16H30N2. The van der Waals surface area contributed by atoms with Crippen LogP contribution in [0.1, 0.15) is 52.4 Å². The summed E-state index contributed by atoms with van der Waals surface area (Å²) in [5.41, 5.74) is 0.305. The Kier molecular flexibility index (Phi) is 6.18. The topological polar surface area (TPSA) is 15.3 Å². The van der Waals surface area contributed by atoms with E-state index >= 15 is 0 Å². The highest BCUT2D eigenvalue weighted by Crippen LogP contribution is 2.38. The molecule has 18 heavy (non-hydrogen) atoms. The molecule has 0 aromatic carbocycles. The van der Waals surface area contributed by atoms with E-state index in [1.807, 2.05) is 0 Å². The smallest absolute Gasteiger partial charge is 0.0356 e. The van der Waals surface area contributed by atoms with Crippen molar-refractivity contribution >= 4 is 0 Å². The van der Waals surface area contributed by atoms with E-state index in [0.29, 0.717) is 11.6 Å². The number of hydrogen-bond acceptors (Lipinski definition) is 2. The van der Waals surface area contributed by atoms with Crippen molar-refractivity contribution in [3.63, 3.8) is 0 Å². The van der Waals surface area contributed by atoms with Crippen LogP contribution in [0.25, 0.3) is 0 Å². The Morgan fingerprint density at radius 2 is 2.00 bits per heavy atom. The maximum absolute atomic E-state index is 5.45. The van der Waals surface area contributed by atoms with E-state index in [1.165, 1.54) is 25.7 Å². The molecule has 0 aliphatic heterocycles. The van der Waals surface area contributed by atoms with E-state index < -0.39 is 0 Å². The lowest BCUT2D eigenvalue weighted by Crippen LogP contribution is -2.60. The quantitative estimate of drug-likeness (QED) is 0.729. The van der Waals surface area contributed by atoms with Crippen molar-refractivity contribution in [2.45, 2.75) is 64.0 Å².